The van der Waals surface area contributed by atoms with E-state index in [4.69, 9.17) is 10.00 Å². The van der Waals surface area contributed by atoms with Crippen molar-refractivity contribution in [3.63, 3.8) is 0 Å². The van der Waals surface area contributed by atoms with E-state index in [0.29, 0.717) is 43.4 Å². The fraction of sp³-hybridized carbons (Fsp3) is 0.333. The number of amides is 1. The van der Waals surface area contributed by atoms with Crippen molar-refractivity contribution in [3.8, 4) is 11.8 Å². The van der Waals surface area contributed by atoms with Crippen LogP contribution in [0, 0.1) is 18.3 Å². The molecule has 0 atom stereocenters. The predicted molar refractivity (Wildman–Crippen MR) is 92.6 cm³/mol. The molecule has 128 valence electrons. The summed E-state index contributed by atoms with van der Waals surface area (Å²) in [7, 11) is 1.60. The number of benzene rings is 1. The van der Waals surface area contributed by atoms with Crippen molar-refractivity contribution >= 4 is 11.9 Å². The molecule has 0 radical (unpaired) electrons. The van der Waals surface area contributed by atoms with E-state index in [-0.39, 0.29) is 5.91 Å². The van der Waals surface area contributed by atoms with Gasteiger partial charge in [-0.05, 0) is 37.3 Å². The van der Waals surface area contributed by atoms with E-state index >= 15 is 0 Å². The summed E-state index contributed by atoms with van der Waals surface area (Å²) in [4.78, 5) is 25.1. The highest BCUT2D eigenvalue weighted by Gasteiger charge is 2.23. The van der Waals surface area contributed by atoms with E-state index in [1.165, 1.54) is 0 Å². The van der Waals surface area contributed by atoms with Gasteiger partial charge < -0.3 is 14.5 Å². The minimum absolute atomic E-state index is 0.00479. The Morgan fingerprint density at radius 1 is 1.16 bits per heavy atom. The second-order valence-electron chi connectivity index (χ2n) is 5.81. The number of rotatable bonds is 3. The van der Waals surface area contributed by atoms with Crippen LogP contribution in [0.2, 0.25) is 0 Å². The van der Waals surface area contributed by atoms with Crippen LogP contribution in [0.5, 0.6) is 5.75 Å². The normalized spacial score (nSPS) is 14.1. The van der Waals surface area contributed by atoms with Gasteiger partial charge in [-0.25, -0.2) is 9.97 Å². The molecule has 7 heteroatoms. The zero-order chi connectivity index (χ0) is 17.8. The zero-order valence-electron chi connectivity index (χ0n) is 14.3. The summed E-state index contributed by atoms with van der Waals surface area (Å²) in [5, 5.41) is 9.04. The highest BCUT2D eigenvalue weighted by molar-refractivity contribution is 5.94. The van der Waals surface area contributed by atoms with Crippen molar-refractivity contribution in [2.45, 2.75) is 6.92 Å². The molecule has 1 fully saturated rings. The molecule has 1 saturated heterocycles. The topological polar surface area (TPSA) is 82.4 Å². The molecule has 0 aliphatic carbocycles. The van der Waals surface area contributed by atoms with Gasteiger partial charge in [0.2, 0.25) is 5.95 Å². The maximum atomic E-state index is 12.6. The van der Waals surface area contributed by atoms with Crippen LogP contribution in [0.25, 0.3) is 0 Å². The molecule has 0 spiro atoms. The Morgan fingerprint density at radius 2 is 1.84 bits per heavy atom. The maximum absolute atomic E-state index is 12.6. The first-order valence-corrected chi connectivity index (χ1v) is 8.05. The van der Waals surface area contributed by atoms with Crippen molar-refractivity contribution in [2.75, 3.05) is 38.2 Å². The van der Waals surface area contributed by atoms with Gasteiger partial charge in [0.1, 0.15) is 17.5 Å². The number of ether oxygens (including phenoxy) is 1. The maximum Gasteiger partial charge on any atom is 0.253 e. The van der Waals surface area contributed by atoms with Gasteiger partial charge >= 0.3 is 0 Å². The number of anilines is 1. The van der Waals surface area contributed by atoms with Crippen LogP contribution < -0.4 is 9.64 Å². The minimum atomic E-state index is 0.00479. The molecule has 0 bridgehead atoms. The Hall–Kier alpha value is -3.14. The first kappa shape index (κ1) is 16.7. The quantitative estimate of drug-likeness (QED) is 0.846. The largest absolute Gasteiger partial charge is 0.497 e. The average molecular weight is 337 g/mol. The van der Waals surface area contributed by atoms with E-state index < -0.39 is 0 Å². The summed E-state index contributed by atoms with van der Waals surface area (Å²) < 4.78 is 5.12. The summed E-state index contributed by atoms with van der Waals surface area (Å²) >= 11 is 0. The number of carbonyl (C=O) groups excluding carboxylic acids is 1. The fourth-order valence-electron chi connectivity index (χ4n) is 2.78. The van der Waals surface area contributed by atoms with E-state index in [1.807, 2.05) is 16.7 Å². The van der Waals surface area contributed by atoms with Crippen LogP contribution in [0.1, 0.15) is 21.7 Å². The minimum Gasteiger partial charge on any atom is -0.497 e. The number of carbonyl (C=O) groups is 1. The van der Waals surface area contributed by atoms with Gasteiger partial charge in [-0.3, -0.25) is 4.79 Å². The van der Waals surface area contributed by atoms with Crippen molar-refractivity contribution in [1.29, 1.82) is 5.26 Å². The van der Waals surface area contributed by atoms with Crippen molar-refractivity contribution < 1.29 is 9.53 Å². The van der Waals surface area contributed by atoms with E-state index in [0.717, 1.165) is 11.4 Å². The third-order valence-corrected chi connectivity index (χ3v) is 4.14. The third kappa shape index (κ3) is 3.69. The Kier molecular flexibility index (Phi) is 4.80. The lowest BCUT2D eigenvalue weighted by molar-refractivity contribution is 0.0746. The molecule has 25 heavy (non-hydrogen) atoms. The van der Waals surface area contributed by atoms with Crippen LogP contribution in [0.3, 0.4) is 0 Å². The van der Waals surface area contributed by atoms with E-state index in [2.05, 4.69) is 16.0 Å². The number of aryl methyl sites for hydroxylation is 1. The standard InChI is InChI=1S/C18H19N5O2/c1-13-11-15(12-19)21-18(20-13)23-9-7-22(8-10-23)17(24)14-3-5-16(25-2)6-4-14/h3-6,11H,7-10H2,1-2H3. The van der Waals surface area contributed by atoms with Crippen molar-refractivity contribution in [1.82, 2.24) is 14.9 Å². The van der Waals surface area contributed by atoms with Crippen LogP contribution in [0.15, 0.2) is 30.3 Å². The predicted octanol–water partition coefficient (Wildman–Crippen LogP) is 1.63. The molecule has 0 N–H and O–H groups in total. The molecule has 1 aliphatic heterocycles. The molecule has 1 aromatic heterocycles. The lowest BCUT2D eigenvalue weighted by atomic mass is 10.1. The molecular formula is C18H19N5O2. The summed E-state index contributed by atoms with van der Waals surface area (Å²) in [6, 6.07) is 10.8. The van der Waals surface area contributed by atoms with Crippen LogP contribution in [-0.2, 0) is 0 Å². The average Bonchev–Trinajstić information content (AvgIpc) is 2.67. The lowest BCUT2D eigenvalue weighted by Gasteiger charge is -2.34. The van der Waals surface area contributed by atoms with Crippen LogP contribution >= 0.6 is 0 Å². The Bertz CT molecular complexity index is 805. The molecule has 1 aliphatic rings. The second-order valence-corrected chi connectivity index (χ2v) is 5.81. The van der Waals surface area contributed by atoms with Gasteiger partial charge in [-0.1, -0.05) is 0 Å². The summed E-state index contributed by atoms with van der Waals surface area (Å²) in [6.07, 6.45) is 0. The van der Waals surface area contributed by atoms with Gasteiger partial charge in [0, 0.05) is 37.4 Å². The number of hydrogen-bond donors (Lipinski definition) is 0. The molecule has 0 unspecified atom stereocenters. The highest BCUT2D eigenvalue weighted by Crippen LogP contribution is 2.16. The van der Waals surface area contributed by atoms with Crippen LogP contribution in [0.4, 0.5) is 5.95 Å². The molecule has 2 heterocycles. The summed E-state index contributed by atoms with van der Waals surface area (Å²) in [5.41, 5.74) is 1.77. The smallest absolute Gasteiger partial charge is 0.253 e. The number of nitrogens with zero attached hydrogens (tertiary/aromatic N) is 5. The SMILES string of the molecule is COc1ccc(C(=O)N2CCN(c3nc(C)cc(C#N)n3)CC2)cc1. The van der Waals surface area contributed by atoms with Crippen molar-refractivity contribution in [2.24, 2.45) is 0 Å². The van der Waals surface area contributed by atoms with E-state index in [1.54, 1.807) is 37.4 Å². The highest BCUT2D eigenvalue weighted by atomic mass is 16.5. The first-order valence-electron chi connectivity index (χ1n) is 8.05. The molecule has 3 rings (SSSR count). The number of hydrogen-bond acceptors (Lipinski definition) is 6. The Labute approximate surface area is 146 Å². The van der Waals surface area contributed by atoms with Crippen molar-refractivity contribution in [3.05, 3.63) is 47.3 Å². The second kappa shape index (κ2) is 7.18. The third-order valence-electron chi connectivity index (χ3n) is 4.14. The monoisotopic (exact) mass is 337 g/mol. The lowest BCUT2D eigenvalue weighted by Crippen LogP contribution is -2.49. The van der Waals surface area contributed by atoms with Gasteiger partial charge in [0.05, 0.1) is 7.11 Å². The summed E-state index contributed by atoms with van der Waals surface area (Å²) in [6.45, 7) is 4.29. The summed E-state index contributed by atoms with van der Waals surface area (Å²) in [5.74, 6) is 1.28. The van der Waals surface area contributed by atoms with Gasteiger partial charge in [0.25, 0.3) is 5.91 Å². The number of methoxy groups -OCH3 is 1. The Morgan fingerprint density at radius 3 is 2.44 bits per heavy atom. The van der Waals surface area contributed by atoms with Gasteiger partial charge in [-0.15, -0.1) is 0 Å². The van der Waals surface area contributed by atoms with Crippen LogP contribution in [-0.4, -0.2) is 54.1 Å². The number of nitriles is 1. The molecule has 2 aromatic rings. The number of piperazine rings is 1. The number of aromatic nitrogens is 2. The zero-order valence-corrected chi connectivity index (χ0v) is 14.3. The van der Waals surface area contributed by atoms with E-state index in [9.17, 15) is 4.79 Å². The molecule has 1 amide bonds. The molecule has 0 saturated carbocycles. The van der Waals surface area contributed by atoms with Gasteiger partial charge in [0.15, 0.2) is 0 Å². The Balaban J connectivity index is 1.66. The fourth-order valence-corrected chi connectivity index (χ4v) is 2.78. The van der Waals surface area contributed by atoms with Gasteiger partial charge in [-0.2, -0.15) is 5.26 Å². The first-order chi connectivity index (χ1) is 12.1. The molecule has 7 nitrogen and oxygen atoms in total. The molecule has 1 aromatic carbocycles. The molecular weight excluding hydrogens is 318 g/mol.